The van der Waals surface area contributed by atoms with Crippen LogP contribution in [0.2, 0.25) is 16.6 Å². The summed E-state index contributed by atoms with van der Waals surface area (Å²) in [7, 11) is -0.894. The first-order valence-corrected chi connectivity index (χ1v) is 26.2. The molecule has 11 nitrogen and oxygen atoms in total. The lowest BCUT2D eigenvalue weighted by Crippen LogP contribution is -2.57. The number of ether oxygens (including phenoxy) is 4. The number of methoxy groups -OCH3 is 1. The van der Waals surface area contributed by atoms with E-state index >= 15 is 13.2 Å². The Morgan fingerprint density at radius 2 is 1.63 bits per heavy atom. The quantitative estimate of drug-likeness (QED) is 0.0625. The summed E-state index contributed by atoms with van der Waals surface area (Å²) in [5.41, 5.74) is 1.51. The zero-order valence-electron chi connectivity index (χ0n) is 40.7. The van der Waals surface area contributed by atoms with Crippen LogP contribution in [0.25, 0.3) is 32.9 Å². The normalized spacial score (nSPS) is 25.5. The van der Waals surface area contributed by atoms with Crippen molar-refractivity contribution in [1.29, 1.82) is 0 Å². The fourth-order valence-electron chi connectivity index (χ4n) is 12.4. The Hall–Kier alpha value is -4.79. The summed E-state index contributed by atoms with van der Waals surface area (Å²) in [5, 5.41) is 1.15. The molecule has 2 bridgehead atoms. The Balaban J connectivity index is 1.19. The fourth-order valence-corrected chi connectivity index (χ4v) is 17.6. The molecule has 9 rings (SSSR count). The van der Waals surface area contributed by atoms with Crippen molar-refractivity contribution in [3.8, 4) is 34.5 Å². The van der Waals surface area contributed by atoms with Gasteiger partial charge < -0.3 is 23.8 Å². The van der Waals surface area contributed by atoms with Gasteiger partial charge in [-0.25, -0.2) is 26.7 Å². The lowest BCUT2D eigenvalue weighted by Gasteiger charge is -2.42. The second kappa shape index (κ2) is 17.3. The molecular weight excluding hydrogens is 900 g/mol. The van der Waals surface area contributed by atoms with Gasteiger partial charge in [-0.3, -0.25) is 14.8 Å². The van der Waals surface area contributed by atoms with Gasteiger partial charge >= 0.3 is 12.1 Å². The third-order valence-electron chi connectivity index (χ3n) is 15.5. The van der Waals surface area contributed by atoms with Crippen molar-refractivity contribution < 1.29 is 45.7 Å². The van der Waals surface area contributed by atoms with Crippen molar-refractivity contribution in [2.45, 2.75) is 146 Å². The van der Waals surface area contributed by atoms with Gasteiger partial charge in [-0.15, -0.1) is 5.54 Å². The number of aromatic nitrogens is 3. The van der Waals surface area contributed by atoms with Gasteiger partial charge in [-0.1, -0.05) is 53.5 Å². The fraction of sp³-hybridized carbons (Fsp3) is 0.608. The Bertz CT molecular complexity index is 2670. The summed E-state index contributed by atoms with van der Waals surface area (Å²) >= 11 is 0. The van der Waals surface area contributed by atoms with Crippen molar-refractivity contribution in [3.05, 3.63) is 47.7 Å². The number of alkyl halides is 3. The number of carbonyl (C=O) groups is 1. The number of carbonyl (C=O) groups excluding carboxylic acids is 1. The van der Waals surface area contributed by atoms with Gasteiger partial charge in [0.05, 0.1) is 34.0 Å². The topological polar surface area (TPSA) is 102 Å². The maximum Gasteiger partial charge on any atom is 0.410 e. The van der Waals surface area contributed by atoms with Gasteiger partial charge in [-0.2, -0.15) is 9.97 Å². The van der Waals surface area contributed by atoms with Gasteiger partial charge in [0.15, 0.2) is 12.6 Å². The molecule has 5 aliphatic rings. The van der Waals surface area contributed by atoms with Crippen LogP contribution in [0.4, 0.5) is 32.6 Å². The maximum atomic E-state index is 18.0. The van der Waals surface area contributed by atoms with Crippen LogP contribution in [0.3, 0.4) is 0 Å². The standard InChI is InChI=1S/C51H63F5N6O5Si/c1-29(2)68(30(3)4,31(5)6)16-15-37-40(53)14-11-32-17-36(66-28-64-10)18-38(41(32)37)43-42(54)44-39(20-57-43)45(60-22-34-12-13-35(23-60)62(34)47(63)67-48(7,8)9)59-46(58-44)65-27-50-19-33(52)21-61(50)26-49(24-50)25-51(49,55)56/h11,14,17-18,20,29-31,33-35H,12-13,19,21-28H2,1-10H3/t33-,34?,35?,49+,50+/m1/s1. The van der Waals surface area contributed by atoms with Crippen LogP contribution in [0, 0.1) is 28.5 Å². The van der Waals surface area contributed by atoms with E-state index in [1.165, 1.54) is 19.4 Å². The van der Waals surface area contributed by atoms with E-state index in [0.717, 1.165) is 0 Å². The summed E-state index contributed by atoms with van der Waals surface area (Å²) < 4.78 is 102. The molecule has 5 atom stereocenters. The molecule has 4 aliphatic heterocycles. The van der Waals surface area contributed by atoms with Crippen LogP contribution < -0.4 is 14.4 Å². The smallest absolute Gasteiger partial charge is 0.410 e. The Kier molecular flexibility index (Phi) is 12.2. The number of fused-ring (bicyclic) bond motifs is 5. The minimum atomic E-state index is -2.84. The van der Waals surface area contributed by atoms with E-state index in [1.807, 2.05) is 25.7 Å². The van der Waals surface area contributed by atoms with E-state index in [0.29, 0.717) is 48.3 Å². The highest BCUT2D eigenvalue weighted by atomic mass is 28.3. The molecule has 0 radical (unpaired) electrons. The first-order chi connectivity index (χ1) is 32.0. The van der Waals surface area contributed by atoms with Gasteiger partial charge in [-0.05, 0) is 80.2 Å². The molecule has 5 fully saturated rings. The largest absolute Gasteiger partial charge is 0.468 e. The van der Waals surface area contributed by atoms with Crippen LogP contribution >= 0.6 is 0 Å². The molecule has 1 amide bonds. The summed E-state index contributed by atoms with van der Waals surface area (Å²) in [5.74, 6) is -0.325. The molecule has 17 heteroatoms. The van der Waals surface area contributed by atoms with E-state index in [4.69, 9.17) is 28.9 Å². The van der Waals surface area contributed by atoms with Crippen molar-refractivity contribution in [3.63, 3.8) is 0 Å². The second-order valence-corrected chi connectivity index (χ2v) is 27.5. The third-order valence-corrected chi connectivity index (χ3v) is 21.8. The third kappa shape index (κ3) is 8.23. The van der Waals surface area contributed by atoms with Gasteiger partial charge in [0.1, 0.15) is 55.0 Å². The molecule has 0 N–H and O–H groups in total. The molecule has 2 aromatic carbocycles. The molecule has 1 spiro atoms. The van der Waals surface area contributed by atoms with E-state index in [9.17, 15) is 13.6 Å². The molecule has 366 valence electrons. The molecule has 2 aromatic heterocycles. The van der Waals surface area contributed by atoms with Gasteiger partial charge in [0, 0.05) is 63.3 Å². The summed E-state index contributed by atoms with van der Waals surface area (Å²) in [4.78, 5) is 33.3. The monoisotopic (exact) mass is 962 g/mol. The maximum absolute atomic E-state index is 18.0. The predicted octanol–water partition coefficient (Wildman–Crippen LogP) is 10.9. The first-order valence-electron chi connectivity index (χ1n) is 24.0. The first kappa shape index (κ1) is 48.2. The van der Waals surface area contributed by atoms with E-state index in [1.54, 1.807) is 28.0 Å². The van der Waals surface area contributed by atoms with Crippen molar-refractivity contribution >= 4 is 41.7 Å². The summed E-state index contributed by atoms with van der Waals surface area (Å²) in [6, 6.07) is 5.59. The molecule has 68 heavy (non-hydrogen) atoms. The molecule has 1 saturated carbocycles. The van der Waals surface area contributed by atoms with Crippen LogP contribution in [-0.4, -0.2) is 121 Å². The number of amides is 1. The summed E-state index contributed by atoms with van der Waals surface area (Å²) in [6.45, 7) is 19.0. The van der Waals surface area contributed by atoms with E-state index < -0.39 is 54.5 Å². The number of halogens is 5. The zero-order chi connectivity index (χ0) is 48.9. The molecule has 6 heterocycles. The van der Waals surface area contributed by atoms with Gasteiger partial charge in [0.25, 0.3) is 5.92 Å². The van der Waals surface area contributed by atoms with Crippen molar-refractivity contribution in [1.82, 2.24) is 24.8 Å². The van der Waals surface area contributed by atoms with E-state index in [-0.39, 0.29) is 108 Å². The minimum absolute atomic E-state index is 0.00907. The second-order valence-electron chi connectivity index (χ2n) is 21.9. The minimum Gasteiger partial charge on any atom is -0.468 e. The number of nitrogens with zero attached hydrogens (tertiary/aromatic N) is 6. The predicted molar refractivity (Wildman–Crippen MR) is 254 cm³/mol. The molecule has 4 saturated heterocycles. The Morgan fingerprint density at radius 1 is 0.956 bits per heavy atom. The number of rotatable bonds is 11. The number of hydrogen-bond acceptors (Lipinski definition) is 10. The van der Waals surface area contributed by atoms with Crippen molar-refractivity contribution in [2.75, 3.05) is 51.6 Å². The number of hydrogen-bond donors (Lipinski definition) is 0. The Morgan fingerprint density at radius 3 is 2.25 bits per heavy atom. The lowest BCUT2D eigenvalue weighted by atomic mass is 9.88. The molecule has 1 aliphatic carbocycles. The van der Waals surface area contributed by atoms with Crippen LogP contribution in [0.1, 0.15) is 100.0 Å². The average Bonchev–Trinajstić information content (AvgIpc) is 3.44. The number of anilines is 1. The SMILES string of the molecule is COCOc1cc(-c2ncc3c(N4CC5CCC(C4)N5C(=O)OC(C)(C)C)nc(OC[C@@]45C[C@@H](F)CN4C[C@@]4(CC4(F)F)C5)nc3c2F)c2c(C#C[Si](C(C)C)(C(C)C)C(C)C)c(F)ccc2c1. The van der Waals surface area contributed by atoms with Crippen LogP contribution in [-0.2, 0) is 9.47 Å². The van der Waals surface area contributed by atoms with Crippen LogP contribution in [0.15, 0.2) is 30.5 Å². The van der Waals surface area contributed by atoms with Crippen LogP contribution in [0.5, 0.6) is 11.8 Å². The average molecular weight is 963 g/mol. The van der Waals surface area contributed by atoms with E-state index in [2.05, 4.69) is 58.0 Å². The number of benzene rings is 2. The lowest BCUT2D eigenvalue weighted by molar-refractivity contribution is 0.0122. The van der Waals surface area contributed by atoms with Gasteiger partial charge in [0.2, 0.25) is 0 Å². The summed E-state index contributed by atoms with van der Waals surface area (Å²) in [6.07, 6.45) is 1.09. The molecule has 2 unspecified atom stereocenters. The highest BCUT2D eigenvalue weighted by Crippen LogP contribution is 2.69. The molecular formula is C51H63F5N6O5Si. The highest BCUT2D eigenvalue weighted by Gasteiger charge is 2.78. The zero-order valence-corrected chi connectivity index (χ0v) is 41.7. The highest BCUT2D eigenvalue weighted by molar-refractivity contribution is 6.90. The Labute approximate surface area is 396 Å². The van der Waals surface area contributed by atoms with Crippen molar-refractivity contribution in [2.24, 2.45) is 5.41 Å². The molecule has 4 aromatic rings. The number of piperazine rings is 1. The number of pyridine rings is 1.